The molecule has 2 heterocycles. The first-order valence-corrected chi connectivity index (χ1v) is 9.82. The monoisotopic (exact) mass is 388 g/mol. The number of imidazole rings is 1. The number of nitrogens with zero attached hydrogens (tertiary/aromatic N) is 2. The van der Waals surface area contributed by atoms with Gasteiger partial charge in [-0.05, 0) is 36.2 Å². The standard InChI is InChI=1S/C23H24N4O2/c28-23(25-17-19-9-6-16-29-19)24-14-15-27-21-11-5-4-10-20(21)26-22(27)13-12-18-7-2-1-3-8-18/h1-11,16H,12-15,17H2,(H2,24,25,28). The molecule has 0 aliphatic heterocycles. The van der Waals surface area contributed by atoms with E-state index in [0.29, 0.717) is 19.6 Å². The number of carbonyl (C=O) groups is 1. The number of hydrogen-bond acceptors (Lipinski definition) is 3. The number of rotatable bonds is 8. The molecular formula is C23H24N4O2. The van der Waals surface area contributed by atoms with Gasteiger partial charge in [-0.2, -0.15) is 0 Å². The van der Waals surface area contributed by atoms with Crippen molar-refractivity contribution in [2.24, 2.45) is 0 Å². The normalized spacial score (nSPS) is 10.9. The van der Waals surface area contributed by atoms with Crippen LogP contribution in [0.3, 0.4) is 0 Å². The number of amides is 2. The van der Waals surface area contributed by atoms with Crippen LogP contribution in [-0.2, 0) is 25.9 Å². The lowest BCUT2D eigenvalue weighted by Gasteiger charge is -2.11. The minimum atomic E-state index is -0.211. The van der Waals surface area contributed by atoms with Gasteiger partial charge in [-0.15, -0.1) is 0 Å². The summed E-state index contributed by atoms with van der Waals surface area (Å²) in [4.78, 5) is 16.9. The van der Waals surface area contributed by atoms with Gasteiger partial charge in [0, 0.05) is 19.5 Å². The molecule has 0 aliphatic carbocycles. The minimum Gasteiger partial charge on any atom is -0.467 e. The molecule has 2 N–H and O–H groups in total. The molecule has 148 valence electrons. The van der Waals surface area contributed by atoms with Gasteiger partial charge in [0.2, 0.25) is 0 Å². The number of aromatic nitrogens is 2. The molecule has 0 atom stereocenters. The highest BCUT2D eigenvalue weighted by Crippen LogP contribution is 2.17. The van der Waals surface area contributed by atoms with Crippen LogP contribution in [0.25, 0.3) is 11.0 Å². The fourth-order valence-electron chi connectivity index (χ4n) is 3.39. The van der Waals surface area contributed by atoms with E-state index in [1.165, 1.54) is 5.56 Å². The second kappa shape index (κ2) is 9.10. The number of nitrogens with one attached hydrogen (secondary N) is 2. The van der Waals surface area contributed by atoms with Crippen molar-refractivity contribution in [1.82, 2.24) is 20.2 Å². The van der Waals surface area contributed by atoms with Crippen molar-refractivity contribution >= 4 is 17.1 Å². The lowest BCUT2D eigenvalue weighted by molar-refractivity contribution is 0.239. The van der Waals surface area contributed by atoms with Crippen molar-refractivity contribution < 1.29 is 9.21 Å². The zero-order valence-corrected chi connectivity index (χ0v) is 16.2. The van der Waals surface area contributed by atoms with Crippen LogP contribution in [0.1, 0.15) is 17.1 Å². The molecule has 0 spiro atoms. The van der Waals surface area contributed by atoms with E-state index in [4.69, 9.17) is 9.40 Å². The number of benzene rings is 2. The van der Waals surface area contributed by atoms with Crippen LogP contribution in [0.4, 0.5) is 4.79 Å². The molecule has 0 unspecified atom stereocenters. The van der Waals surface area contributed by atoms with Crippen LogP contribution in [0.5, 0.6) is 0 Å². The van der Waals surface area contributed by atoms with Gasteiger partial charge in [-0.3, -0.25) is 0 Å². The van der Waals surface area contributed by atoms with Crippen LogP contribution in [0.15, 0.2) is 77.4 Å². The summed E-state index contributed by atoms with van der Waals surface area (Å²) in [5.74, 6) is 1.76. The Hall–Kier alpha value is -3.54. The molecule has 2 aromatic heterocycles. The third-order valence-electron chi connectivity index (χ3n) is 4.84. The summed E-state index contributed by atoms with van der Waals surface area (Å²) in [6, 6.07) is 22.0. The van der Waals surface area contributed by atoms with E-state index in [1.807, 2.05) is 30.3 Å². The van der Waals surface area contributed by atoms with Gasteiger partial charge in [0.1, 0.15) is 11.6 Å². The number of urea groups is 1. The molecule has 2 amide bonds. The Kier molecular flexibility index (Phi) is 5.90. The van der Waals surface area contributed by atoms with E-state index >= 15 is 0 Å². The second-order valence-electron chi connectivity index (χ2n) is 6.84. The van der Waals surface area contributed by atoms with Crippen LogP contribution in [0.2, 0.25) is 0 Å². The van der Waals surface area contributed by atoms with Gasteiger partial charge in [0.25, 0.3) is 0 Å². The summed E-state index contributed by atoms with van der Waals surface area (Å²) in [6.07, 6.45) is 3.38. The number of aryl methyl sites for hydroxylation is 2. The van der Waals surface area contributed by atoms with Gasteiger partial charge in [-0.1, -0.05) is 42.5 Å². The highest BCUT2D eigenvalue weighted by atomic mass is 16.3. The minimum absolute atomic E-state index is 0.211. The highest BCUT2D eigenvalue weighted by molar-refractivity contribution is 5.76. The maximum atomic E-state index is 12.0. The van der Waals surface area contributed by atoms with E-state index < -0.39 is 0 Å². The molecule has 0 bridgehead atoms. The van der Waals surface area contributed by atoms with Gasteiger partial charge in [-0.25, -0.2) is 9.78 Å². The quantitative estimate of drug-likeness (QED) is 0.481. The molecule has 2 aromatic carbocycles. The summed E-state index contributed by atoms with van der Waals surface area (Å²) >= 11 is 0. The summed E-state index contributed by atoms with van der Waals surface area (Å²) in [5.41, 5.74) is 3.37. The van der Waals surface area contributed by atoms with E-state index in [2.05, 4.69) is 45.5 Å². The van der Waals surface area contributed by atoms with Crippen molar-refractivity contribution in [2.75, 3.05) is 6.54 Å². The Labute approximate surface area is 169 Å². The van der Waals surface area contributed by atoms with E-state index in [9.17, 15) is 4.79 Å². The molecule has 0 saturated heterocycles. The van der Waals surface area contributed by atoms with Crippen LogP contribution < -0.4 is 10.6 Å². The summed E-state index contributed by atoms with van der Waals surface area (Å²) in [6.45, 7) is 1.55. The fraction of sp³-hybridized carbons (Fsp3) is 0.217. The molecule has 6 nitrogen and oxygen atoms in total. The molecular weight excluding hydrogens is 364 g/mol. The van der Waals surface area contributed by atoms with Gasteiger partial charge in [0.05, 0.1) is 23.8 Å². The van der Waals surface area contributed by atoms with Crippen molar-refractivity contribution in [1.29, 1.82) is 0 Å². The SMILES string of the molecule is O=C(NCCn1c(CCc2ccccc2)nc2ccccc21)NCc1ccco1. The third kappa shape index (κ3) is 4.85. The van der Waals surface area contributed by atoms with Crippen LogP contribution in [-0.4, -0.2) is 22.1 Å². The number of para-hydroxylation sites is 2. The van der Waals surface area contributed by atoms with Crippen molar-refractivity contribution in [3.05, 3.63) is 90.1 Å². The molecule has 0 fully saturated rings. The average Bonchev–Trinajstić information content (AvgIpc) is 3.40. The van der Waals surface area contributed by atoms with Gasteiger partial charge >= 0.3 is 6.03 Å². The van der Waals surface area contributed by atoms with E-state index in [0.717, 1.165) is 35.5 Å². The van der Waals surface area contributed by atoms with Crippen molar-refractivity contribution in [3.8, 4) is 0 Å². The number of furan rings is 1. The maximum Gasteiger partial charge on any atom is 0.315 e. The third-order valence-corrected chi connectivity index (χ3v) is 4.84. The largest absolute Gasteiger partial charge is 0.467 e. The zero-order chi connectivity index (χ0) is 19.9. The predicted octanol–water partition coefficient (Wildman–Crippen LogP) is 3.91. The Balaban J connectivity index is 1.38. The summed E-state index contributed by atoms with van der Waals surface area (Å²) in [5, 5.41) is 5.70. The topological polar surface area (TPSA) is 72.1 Å². The number of carbonyl (C=O) groups excluding carboxylic acids is 1. The van der Waals surface area contributed by atoms with Crippen molar-refractivity contribution in [3.63, 3.8) is 0 Å². The lowest BCUT2D eigenvalue weighted by atomic mass is 10.1. The number of hydrogen-bond donors (Lipinski definition) is 2. The first-order valence-electron chi connectivity index (χ1n) is 9.82. The number of fused-ring (bicyclic) bond motifs is 1. The summed E-state index contributed by atoms with van der Waals surface area (Å²) < 4.78 is 7.42. The van der Waals surface area contributed by atoms with Crippen LogP contribution >= 0.6 is 0 Å². The smallest absolute Gasteiger partial charge is 0.315 e. The lowest BCUT2D eigenvalue weighted by Crippen LogP contribution is -2.36. The van der Waals surface area contributed by atoms with Crippen LogP contribution in [0, 0.1) is 0 Å². The predicted molar refractivity (Wildman–Crippen MR) is 113 cm³/mol. The Bertz CT molecular complexity index is 1060. The Morgan fingerprint density at radius 1 is 0.931 bits per heavy atom. The molecule has 0 saturated carbocycles. The van der Waals surface area contributed by atoms with E-state index in [1.54, 1.807) is 12.3 Å². The Morgan fingerprint density at radius 3 is 2.59 bits per heavy atom. The Morgan fingerprint density at radius 2 is 1.76 bits per heavy atom. The molecule has 4 aromatic rings. The van der Waals surface area contributed by atoms with Crippen molar-refractivity contribution in [2.45, 2.75) is 25.9 Å². The molecule has 0 aliphatic rings. The zero-order valence-electron chi connectivity index (χ0n) is 16.2. The van der Waals surface area contributed by atoms with Gasteiger partial charge < -0.3 is 19.6 Å². The average molecular weight is 388 g/mol. The maximum absolute atomic E-state index is 12.0. The highest BCUT2D eigenvalue weighted by Gasteiger charge is 2.11. The summed E-state index contributed by atoms with van der Waals surface area (Å²) in [7, 11) is 0. The molecule has 6 heteroatoms. The van der Waals surface area contributed by atoms with E-state index in [-0.39, 0.29) is 6.03 Å². The molecule has 4 rings (SSSR count). The fourth-order valence-corrected chi connectivity index (χ4v) is 3.39. The van der Waals surface area contributed by atoms with Gasteiger partial charge in [0.15, 0.2) is 0 Å². The molecule has 29 heavy (non-hydrogen) atoms. The first-order chi connectivity index (χ1) is 14.3. The molecule has 0 radical (unpaired) electrons. The first kappa shape index (κ1) is 18.8. The second-order valence-corrected chi connectivity index (χ2v) is 6.84.